The normalized spacial score (nSPS) is 18.6. The van der Waals surface area contributed by atoms with Crippen LogP contribution in [0.3, 0.4) is 0 Å². The van der Waals surface area contributed by atoms with Crippen molar-refractivity contribution in [3.05, 3.63) is 35.4 Å². The van der Waals surface area contributed by atoms with Crippen molar-refractivity contribution in [3.63, 3.8) is 0 Å². The fraction of sp³-hybridized carbons (Fsp3) is 0.462. The van der Waals surface area contributed by atoms with Crippen LogP contribution in [0, 0.1) is 0 Å². The molecule has 1 aromatic rings. The molecule has 0 atom stereocenters. The topological polar surface area (TPSA) is 71.1 Å². The van der Waals surface area contributed by atoms with E-state index in [2.05, 4.69) is 10.1 Å². The van der Waals surface area contributed by atoms with Gasteiger partial charge in [0.1, 0.15) is 0 Å². The summed E-state index contributed by atoms with van der Waals surface area (Å²) in [4.78, 5) is 2.33. The van der Waals surface area contributed by atoms with Crippen LogP contribution in [0.2, 0.25) is 0 Å². The second-order valence-electron chi connectivity index (χ2n) is 4.38. The quantitative estimate of drug-likeness (QED) is 0.363. The molecule has 98 valence electrons. The van der Waals surface area contributed by atoms with Gasteiger partial charge in [0.2, 0.25) is 0 Å². The third kappa shape index (κ3) is 3.21. The summed E-state index contributed by atoms with van der Waals surface area (Å²) < 4.78 is 5.43. The zero-order valence-electron chi connectivity index (χ0n) is 10.4. The minimum absolute atomic E-state index is 0.164. The van der Waals surface area contributed by atoms with Gasteiger partial charge in [-0.3, -0.25) is 4.90 Å². The number of nitrogens with two attached hydrogens (primary N) is 1. The average molecular weight is 249 g/mol. The number of benzene rings is 1. The van der Waals surface area contributed by atoms with Crippen molar-refractivity contribution in [2.75, 3.05) is 26.3 Å². The Morgan fingerprint density at radius 1 is 1.33 bits per heavy atom. The van der Waals surface area contributed by atoms with Gasteiger partial charge < -0.3 is 15.7 Å². The summed E-state index contributed by atoms with van der Waals surface area (Å²) in [5.41, 5.74) is 7.56. The Kier molecular flexibility index (Phi) is 4.55. The molecule has 1 aromatic carbocycles. The first-order valence-corrected chi connectivity index (χ1v) is 6.17. The Balaban J connectivity index is 2.12. The van der Waals surface area contributed by atoms with E-state index >= 15 is 0 Å². The number of hydrogen-bond donors (Lipinski definition) is 2. The van der Waals surface area contributed by atoms with E-state index in [-0.39, 0.29) is 5.84 Å². The average Bonchev–Trinajstić information content (AvgIpc) is 2.67. The van der Waals surface area contributed by atoms with Crippen LogP contribution >= 0.6 is 0 Å². The molecule has 0 radical (unpaired) electrons. The van der Waals surface area contributed by atoms with Crippen molar-refractivity contribution in [2.24, 2.45) is 10.9 Å². The minimum Gasteiger partial charge on any atom is -0.409 e. The molecule has 1 aliphatic heterocycles. The number of hydrogen-bond acceptors (Lipinski definition) is 4. The first-order chi connectivity index (χ1) is 8.81. The molecule has 0 spiro atoms. The lowest BCUT2D eigenvalue weighted by molar-refractivity contribution is 0.140. The van der Waals surface area contributed by atoms with Gasteiger partial charge in [0.25, 0.3) is 0 Å². The highest BCUT2D eigenvalue weighted by Gasteiger charge is 2.13. The summed E-state index contributed by atoms with van der Waals surface area (Å²) in [7, 11) is 0. The van der Waals surface area contributed by atoms with Gasteiger partial charge in [0.05, 0.1) is 6.61 Å². The Bertz CT molecular complexity index is 412. The lowest BCUT2D eigenvalue weighted by Gasteiger charge is -2.20. The Morgan fingerprint density at radius 2 is 2.17 bits per heavy atom. The Hall–Kier alpha value is -1.59. The summed E-state index contributed by atoms with van der Waals surface area (Å²) in [6.45, 7) is 4.34. The lowest BCUT2D eigenvalue weighted by Crippen LogP contribution is -2.27. The fourth-order valence-electron chi connectivity index (χ4n) is 2.16. The largest absolute Gasteiger partial charge is 0.409 e. The first-order valence-electron chi connectivity index (χ1n) is 6.17. The molecule has 0 aromatic heterocycles. The van der Waals surface area contributed by atoms with E-state index in [1.807, 2.05) is 24.3 Å². The molecule has 0 aliphatic carbocycles. The summed E-state index contributed by atoms with van der Waals surface area (Å²) in [5, 5.41) is 11.9. The van der Waals surface area contributed by atoms with E-state index < -0.39 is 0 Å². The van der Waals surface area contributed by atoms with Crippen molar-refractivity contribution < 1.29 is 9.94 Å². The van der Waals surface area contributed by atoms with E-state index in [1.165, 1.54) is 0 Å². The van der Waals surface area contributed by atoms with Gasteiger partial charge >= 0.3 is 0 Å². The van der Waals surface area contributed by atoms with Crippen LogP contribution in [0.25, 0.3) is 0 Å². The van der Waals surface area contributed by atoms with Gasteiger partial charge in [-0.25, -0.2) is 0 Å². The molecule has 1 aliphatic rings. The van der Waals surface area contributed by atoms with Gasteiger partial charge in [-0.05, 0) is 12.0 Å². The highest BCUT2D eigenvalue weighted by Crippen LogP contribution is 2.13. The molecular weight excluding hydrogens is 230 g/mol. The fourth-order valence-corrected chi connectivity index (χ4v) is 2.16. The Labute approximate surface area is 107 Å². The molecule has 0 saturated carbocycles. The second kappa shape index (κ2) is 6.37. The summed E-state index contributed by atoms with van der Waals surface area (Å²) in [5.74, 6) is 0.164. The number of oxime groups is 1. The second-order valence-corrected chi connectivity index (χ2v) is 4.38. The minimum atomic E-state index is 0.164. The molecule has 18 heavy (non-hydrogen) atoms. The smallest absolute Gasteiger partial charge is 0.170 e. The summed E-state index contributed by atoms with van der Waals surface area (Å²) in [6, 6.07) is 7.75. The predicted octanol–water partition coefficient (Wildman–Crippen LogP) is 1.00. The van der Waals surface area contributed by atoms with Crippen molar-refractivity contribution >= 4 is 5.84 Å². The predicted molar refractivity (Wildman–Crippen MR) is 69.7 cm³/mol. The van der Waals surface area contributed by atoms with E-state index in [0.29, 0.717) is 0 Å². The van der Waals surface area contributed by atoms with Gasteiger partial charge in [-0.2, -0.15) is 0 Å². The van der Waals surface area contributed by atoms with Gasteiger partial charge in [-0.1, -0.05) is 29.4 Å². The first kappa shape index (κ1) is 12.9. The third-order valence-electron chi connectivity index (χ3n) is 3.11. The van der Waals surface area contributed by atoms with Crippen molar-refractivity contribution in [2.45, 2.75) is 13.0 Å². The maximum Gasteiger partial charge on any atom is 0.170 e. The lowest BCUT2D eigenvalue weighted by atomic mass is 10.1. The van der Waals surface area contributed by atoms with Crippen LogP contribution in [0.15, 0.2) is 29.4 Å². The molecule has 1 heterocycles. The SMILES string of the molecule is NC(=NO)c1ccccc1CN1CCCOCC1. The number of nitrogens with zero attached hydrogens (tertiary/aromatic N) is 2. The summed E-state index contributed by atoms with van der Waals surface area (Å²) in [6.07, 6.45) is 1.05. The number of amidine groups is 1. The van der Waals surface area contributed by atoms with E-state index in [0.717, 1.165) is 50.4 Å². The van der Waals surface area contributed by atoms with E-state index in [9.17, 15) is 0 Å². The molecule has 3 N–H and O–H groups in total. The monoisotopic (exact) mass is 249 g/mol. The van der Waals surface area contributed by atoms with Crippen molar-refractivity contribution in [1.29, 1.82) is 0 Å². The zero-order valence-corrected chi connectivity index (χ0v) is 10.4. The number of rotatable bonds is 3. The van der Waals surface area contributed by atoms with Crippen LogP contribution in [0.4, 0.5) is 0 Å². The van der Waals surface area contributed by atoms with E-state index in [1.54, 1.807) is 0 Å². The molecule has 0 amide bonds. The highest BCUT2D eigenvalue weighted by molar-refractivity contribution is 5.98. The van der Waals surface area contributed by atoms with Crippen molar-refractivity contribution in [1.82, 2.24) is 4.90 Å². The van der Waals surface area contributed by atoms with Gasteiger partial charge in [-0.15, -0.1) is 0 Å². The third-order valence-corrected chi connectivity index (χ3v) is 3.11. The van der Waals surface area contributed by atoms with E-state index in [4.69, 9.17) is 15.7 Å². The van der Waals surface area contributed by atoms with Crippen LogP contribution < -0.4 is 5.73 Å². The maximum absolute atomic E-state index is 8.79. The molecule has 1 saturated heterocycles. The van der Waals surface area contributed by atoms with Crippen LogP contribution in [-0.4, -0.2) is 42.2 Å². The van der Waals surface area contributed by atoms with Crippen LogP contribution in [0.1, 0.15) is 17.5 Å². The molecule has 2 rings (SSSR count). The molecule has 0 unspecified atom stereocenters. The standard InChI is InChI=1S/C13H19N3O2/c14-13(15-17)12-5-2-1-4-11(12)10-16-6-3-8-18-9-7-16/h1-2,4-5,17H,3,6-10H2,(H2,14,15). The zero-order chi connectivity index (χ0) is 12.8. The van der Waals surface area contributed by atoms with Gasteiger partial charge in [0, 0.05) is 31.8 Å². The highest BCUT2D eigenvalue weighted by atomic mass is 16.5. The molecule has 0 bridgehead atoms. The Morgan fingerprint density at radius 3 is 3.00 bits per heavy atom. The number of ether oxygens (including phenoxy) is 1. The molecule has 5 nitrogen and oxygen atoms in total. The van der Waals surface area contributed by atoms with Gasteiger partial charge in [0.15, 0.2) is 5.84 Å². The summed E-state index contributed by atoms with van der Waals surface area (Å²) >= 11 is 0. The van der Waals surface area contributed by atoms with Crippen LogP contribution in [-0.2, 0) is 11.3 Å². The molecule has 1 fully saturated rings. The van der Waals surface area contributed by atoms with Crippen LogP contribution in [0.5, 0.6) is 0 Å². The molecule has 5 heteroatoms. The maximum atomic E-state index is 8.79. The van der Waals surface area contributed by atoms with Crippen molar-refractivity contribution in [3.8, 4) is 0 Å². The molecular formula is C13H19N3O2.